The quantitative estimate of drug-likeness (QED) is 0.801. The number of amides is 1. The van der Waals surface area contributed by atoms with E-state index in [1.54, 1.807) is 24.1 Å². The molecule has 1 saturated heterocycles. The lowest BCUT2D eigenvalue weighted by Gasteiger charge is -2.37. The molecule has 0 saturated carbocycles. The van der Waals surface area contributed by atoms with Crippen molar-refractivity contribution in [2.24, 2.45) is 0 Å². The van der Waals surface area contributed by atoms with Crippen molar-refractivity contribution < 1.29 is 19.1 Å². The second-order valence-corrected chi connectivity index (χ2v) is 6.50. The molecule has 1 amide bonds. The fraction of sp³-hybridized carbons (Fsp3) is 0.529. The number of carbonyl (C=O) groups excluding carboxylic acids is 2. The third-order valence-electron chi connectivity index (χ3n) is 3.61. The molecule has 126 valence electrons. The van der Waals surface area contributed by atoms with E-state index in [0.717, 1.165) is 17.7 Å². The molecule has 0 bridgehead atoms. The number of ether oxygens (including phenoxy) is 2. The molecule has 0 radical (unpaired) electrons. The monoisotopic (exact) mass is 320 g/mol. The fourth-order valence-electron chi connectivity index (χ4n) is 2.48. The lowest BCUT2D eigenvalue weighted by atomic mass is 10.1. The summed E-state index contributed by atoms with van der Waals surface area (Å²) >= 11 is 0. The molecule has 1 aliphatic heterocycles. The number of carbonyl (C=O) groups is 2. The van der Waals surface area contributed by atoms with Gasteiger partial charge in [0.25, 0.3) is 0 Å². The number of anilines is 1. The van der Waals surface area contributed by atoms with Crippen molar-refractivity contribution in [3.63, 3.8) is 0 Å². The SMILES string of the molecule is COc1ccc(C=O)cc1N1CCN(C(=O)OC(C)(C)C)CC1. The van der Waals surface area contributed by atoms with E-state index in [4.69, 9.17) is 9.47 Å². The summed E-state index contributed by atoms with van der Waals surface area (Å²) in [7, 11) is 1.61. The molecule has 1 heterocycles. The highest BCUT2D eigenvalue weighted by Gasteiger charge is 2.26. The van der Waals surface area contributed by atoms with E-state index in [-0.39, 0.29) is 6.09 Å². The van der Waals surface area contributed by atoms with Crippen LogP contribution in [0.15, 0.2) is 18.2 Å². The number of piperazine rings is 1. The number of hydrogen-bond acceptors (Lipinski definition) is 5. The molecule has 0 aromatic heterocycles. The minimum Gasteiger partial charge on any atom is -0.495 e. The Hall–Kier alpha value is -2.24. The highest BCUT2D eigenvalue weighted by atomic mass is 16.6. The molecule has 6 heteroatoms. The molecule has 2 rings (SSSR count). The highest BCUT2D eigenvalue weighted by molar-refractivity contribution is 5.79. The van der Waals surface area contributed by atoms with E-state index in [2.05, 4.69) is 4.90 Å². The first-order valence-corrected chi connectivity index (χ1v) is 7.70. The van der Waals surface area contributed by atoms with Gasteiger partial charge in [-0.15, -0.1) is 0 Å². The summed E-state index contributed by atoms with van der Waals surface area (Å²) in [5, 5.41) is 0. The van der Waals surface area contributed by atoms with Gasteiger partial charge in [0.1, 0.15) is 17.6 Å². The number of aldehydes is 1. The third-order valence-corrected chi connectivity index (χ3v) is 3.61. The molecule has 0 N–H and O–H groups in total. The van der Waals surface area contributed by atoms with Crippen LogP contribution >= 0.6 is 0 Å². The zero-order valence-electron chi connectivity index (χ0n) is 14.2. The number of hydrogen-bond donors (Lipinski definition) is 0. The molecule has 0 unspecified atom stereocenters. The minimum absolute atomic E-state index is 0.286. The summed E-state index contributed by atoms with van der Waals surface area (Å²) in [4.78, 5) is 26.9. The van der Waals surface area contributed by atoms with Gasteiger partial charge >= 0.3 is 6.09 Å². The first-order valence-electron chi connectivity index (χ1n) is 7.70. The Morgan fingerprint density at radius 3 is 2.35 bits per heavy atom. The van der Waals surface area contributed by atoms with Gasteiger partial charge in [0.15, 0.2) is 0 Å². The molecule has 1 aromatic carbocycles. The molecule has 1 aromatic rings. The number of rotatable bonds is 3. The van der Waals surface area contributed by atoms with Crippen LogP contribution in [0.25, 0.3) is 0 Å². The van der Waals surface area contributed by atoms with Crippen molar-refractivity contribution in [1.82, 2.24) is 4.90 Å². The van der Waals surface area contributed by atoms with Gasteiger partial charge in [0, 0.05) is 31.7 Å². The van der Waals surface area contributed by atoms with Crippen LogP contribution in [0, 0.1) is 0 Å². The van der Waals surface area contributed by atoms with Crippen LogP contribution in [-0.2, 0) is 4.74 Å². The summed E-state index contributed by atoms with van der Waals surface area (Å²) in [6.45, 7) is 8.05. The molecule has 1 fully saturated rings. The van der Waals surface area contributed by atoms with E-state index in [1.165, 1.54) is 0 Å². The van der Waals surface area contributed by atoms with E-state index in [1.807, 2.05) is 26.8 Å². The summed E-state index contributed by atoms with van der Waals surface area (Å²) in [5.74, 6) is 0.723. The molecule has 0 atom stereocenters. The van der Waals surface area contributed by atoms with Gasteiger partial charge in [-0.2, -0.15) is 0 Å². The fourth-order valence-corrected chi connectivity index (χ4v) is 2.48. The van der Waals surface area contributed by atoms with E-state index in [0.29, 0.717) is 31.7 Å². The molecule has 1 aliphatic rings. The molecule has 23 heavy (non-hydrogen) atoms. The summed E-state index contributed by atoms with van der Waals surface area (Å²) in [5.41, 5.74) is 0.992. The van der Waals surface area contributed by atoms with Crippen LogP contribution in [0.3, 0.4) is 0 Å². The van der Waals surface area contributed by atoms with Gasteiger partial charge in [-0.25, -0.2) is 4.79 Å². The Labute approximate surface area is 137 Å². The molecule has 0 spiro atoms. The zero-order valence-corrected chi connectivity index (χ0v) is 14.2. The van der Waals surface area contributed by atoms with Crippen LogP contribution in [0.5, 0.6) is 5.75 Å². The van der Waals surface area contributed by atoms with Gasteiger partial charge in [-0.3, -0.25) is 4.79 Å². The van der Waals surface area contributed by atoms with Crippen LogP contribution in [0.4, 0.5) is 10.5 Å². The predicted octanol–water partition coefficient (Wildman–Crippen LogP) is 2.56. The molecular weight excluding hydrogens is 296 g/mol. The van der Waals surface area contributed by atoms with Gasteiger partial charge < -0.3 is 19.3 Å². The standard InChI is InChI=1S/C17H24N2O4/c1-17(2,3)23-16(21)19-9-7-18(8-10-19)14-11-13(12-20)5-6-15(14)22-4/h5-6,11-12H,7-10H2,1-4H3. The van der Waals surface area contributed by atoms with Crippen molar-refractivity contribution in [3.8, 4) is 5.75 Å². The van der Waals surface area contributed by atoms with Gasteiger partial charge in [-0.1, -0.05) is 0 Å². The second kappa shape index (κ2) is 6.89. The van der Waals surface area contributed by atoms with Crippen molar-refractivity contribution in [1.29, 1.82) is 0 Å². The number of nitrogens with zero attached hydrogens (tertiary/aromatic N) is 2. The van der Waals surface area contributed by atoms with E-state index in [9.17, 15) is 9.59 Å². The first kappa shape index (κ1) is 17.1. The first-order chi connectivity index (χ1) is 10.8. The summed E-state index contributed by atoms with van der Waals surface area (Å²) in [6.07, 6.45) is 0.533. The molecule has 0 aliphatic carbocycles. The summed E-state index contributed by atoms with van der Waals surface area (Å²) in [6, 6.07) is 5.33. The number of methoxy groups -OCH3 is 1. The molecule has 6 nitrogen and oxygen atoms in total. The van der Waals surface area contributed by atoms with E-state index >= 15 is 0 Å². The van der Waals surface area contributed by atoms with E-state index < -0.39 is 5.60 Å². The van der Waals surface area contributed by atoms with Crippen LogP contribution in [-0.4, -0.2) is 56.2 Å². The van der Waals surface area contributed by atoms with Crippen molar-refractivity contribution in [2.75, 3.05) is 38.2 Å². The Morgan fingerprint density at radius 1 is 1.17 bits per heavy atom. The lowest BCUT2D eigenvalue weighted by Crippen LogP contribution is -2.50. The second-order valence-electron chi connectivity index (χ2n) is 6.50. The largest absolute Gasteiger partial charge is 0.495 e. The van der Waals surface area contributed by atoms with Crippen molar-refractivity contribution in [3.05, 3.63) is 23.8 Å². The van der Waals surface area contributed by atoms with Crippen molar-refractivity contribution >= 4 is 18.1 Å². The van der Waals surface area contributed by atoms with Crippen LogP contribution in [0.2, 0.25) is 0 Å². The predicted molar refractivity (Wildman–Crippen MR) is 88.4 cm³/mol. The smallest absolute Gasteiger partial charge is 0.410 e. The average Bonchev–Trinajstić information content (AvgIpc) is 2.52. The molecular formula is C17H24N2O4. The Bertz CT molecular complexity index is 572. The van der Waals surface area contributed by atoms with Gasteiger partial charge in [0.05, 0.1) is 12.8 Å². The van der Waals surface area contributed by atoms with Gasteiger partial charge in [-0.05, 0) is 39.0 Å². The topological polar surface area (TPSA) is 59.1 Å². The average molecular weight is 320 g/mol. The normalized spacial score (nSPS) is 15.3. The summed E-state index contributed by atoms with van der Waals surface area (Å²) < 4.78 is 10.8. The maximum atomic E-state index is 12.1. The third kappa shape index (κ3) is 4.37. The van der Waals surface area contributed by atoms with Crippen LogP contribution in [0.1, 0.15) is 31.1 Å². The highest BCUT2D eigenvalue weighted by Crippen LogP contribution is 2.30. The van der Waals surface area contributed by atoms with Gasteiger partial charge in [0.2, 0.25) is 0 Å². The van der Waals surface area contributed by atoms with Crippen molar-refractivity contribution in [2.45, 2.75) is 26.4 Å². The Morgan fingerprint density at radius 2 is 1.83 bits per heavy atom. The number of benzene rings is 1. The zero-order chi connectivity index (χ0) is 17.0. The maximum absolute atomic E-state index is 12.1. The minimum atomic E-state index is -0.490. The Kier molecular flexibility index (Phi) is 5.13. The van der Waals surface area contributed by atoms with Crippen LogP contribution < -0.4 is 9.64 Å². The Balaban J connectivity index is 2.04. The maximum Gasteiger partial charge on any atom is 0.410 e. The lowest BCUT2D eigenvalue weighted by molar-refractivity contribution is 0.0240.